The van der Waals surface area contributed by atoms with Crippen LogP contribution >= 0.6 is 11.6 Å². The molecule has 0 radical (unpaired) electrons. The lowest BCUT2D eigenvalue weighted by Crippen LogP contribution is -2.17. The molecule has 0 amide bonds. The molecule has 0 fully saturated rings. The number of hydrogen-bond donors (Lipinski definition) is 0. The molecular weight excluding hydrogens is 234 g/mol. The monoisotopic (exact) mass is 243 g/mol. The highest BCUT2D eigenvalue weighted by atomic mass is 35.5. The molecule has 0 spiro atoms. The van der Waals surface area contributed by atoms with E-state index >= 15 is 0 Å². The Morgan fingerprint density at radius 1 is 1.00 bits per heavy atom. The number of halogens is 1. The van der Waals surface area contributed by atoms with E-state index in [1.54, 1.807) is 17.7 Å². The fourth-order valence-electron chi connectivity index (χ4n) is 2.21. The Kier molecular flexibility index (Phi) is 2.20. The van der Waals surface area contributed by atoms with Crippen molar-refractivity contribution in [3.05, 3.63) is 57.8 Å². The molecule has 0 aliphatic carbocycles. The molecule has 3 rings (SSSR count). The summed E-state index contributed by atoms with van der Waals surface area (Å²) in [5.74, 6) is 0. The van der Waals surface area contributed by atoms with Gasteiger partial charge in [-0.2, -0.15) is 0 Å². The van der Waals surface area contributed by atoms with Gasteiger partial charge in [-0.3, -0.25) is 4.79 Å². The van der Waals surface area contributed by atoms with Gasteiger partial charge in [0.15, 0.2) is 0 Å². The molecule has 0 atom stereocenters. The highest BCUT2D eigenvalue weighted by Crippen LogP contribution is 2.24. The number of aryl methyl sites for hydroxylation is 1. The van der Waals surface area contributed by atoms with Gasteiger partial charge in [-0.15, -0.1) is 0 Å². The average molecular weight is 244 g/mol. The van der Waals surface area contributed by atoms with Gasteiger partial charge in [-0.1, -0.05) is 35.9 Å². The summed E-state index contributed by atoms with van der Waals surface area (Å²) in [5, 5.41) is 3.28. The third-order valence-corrected chi connectivity index (χ3v) is 3.31. The molecule has 17 heavy (non-hydrogen) atoms. The second kappa shape index (κ2) is 3.60. The van der Waals surface area contributed by atoms with Crippen LogP contribution in [0.5, 0.6) is 0 Å². The van der Waals surface area contributed by atoms with Gasteiger partial charge in [0.2, 0.25) is 0 Å². The van der Waals surface area contributed by atoms with Crippen LogP contribution in [0.15, 0.2) is 47.3 Å². The van der Waals surface area contributed by atoms with E-state index in [0.29, 0.717) is 10.4 Å². The topological polar surface area (TPSA) is 22.0 Å². The van der Waals surface area contributed by atoms with Gasteiger partial charge >= 0.3 is 0 Å². The van der Waals surface area contributed by atoms with Gasteiger partial charge in [-0.05, 0) is 23.6 Å². The number of aromatic nitrogens is 1. The molecule has 1 heterocycles. The summed E-state index contributed by atoms with van der Waals surface area (Å²) < 4.78 is 1.66. The third kappa shape index (κ3) is 1.45. The van der Waals surface area contributed by atoms with E-state index in [4.69, 9.17) is 11.6 Å². The summed E-state index contributed by atoms with van der Waals surface area (Å²) in [5.41, 5.74) is 0.925. The van der Waals surface area contributed by atoms with Crippen molar-refractivity contribution in [2.24, 2.45) is 7.05 Å². The largest absolute Gasteiger partial charge is 0.311 e. The van der Waals surface area contributed by atoms with Gasteiger partial charge < -0.3 is 4.57 Å². The van der Waals surface area contributed by atoms with E-state index in [0.717, 1.165) is 16.3 Å². The smallest absolute Gasteiger partial charge is 0.258 e. The van der Waals surface area contributed by atoms with Crippen LogP contribution in [-0.4, -0.2) is 4.57 Å². The molecular formula is C14H10ClNO. The highest BCUT2D eigenvalue weighted by Gasteiger charge is 2.07. The first-order chi connectivity index (χ1) is 8.18. The zero-order valence-electron chi connectivity index (χ0n) is 9.27. The first-order valence-electron chi connectivity index (χ1n) is 5.35. The van der Waals surface area contributed by atoms with Crippen LogP contribution in [0.2, 0.25) is 5.02 Å². The second-order valence-corrected chi connectivity index (χ2v) is 4.51. The molecule has 0 saturated heterocycles. The summed E-state index contributed by atoms with van der Waals surface area (Å²) in [6.45, 7) is 0. The van der Waals surface area contributed by atoms with Crippen LogP contribution < -0.4 is 5.56 Å². The van der Waals surface area contributed by atoms with Crippen molar-refractivity contribution in [3.8, 4) is 0 Å². The minimum absolute atomic E-state index is 0.0128. The van der Waals surface area contributed by atoms with Gasteiger partial charge in [-0.25, -0.2) is 0 Å². The van der Waals surface area contributed by atoms with Crippen molar-refractivity contribution in [2.75, 3.05) is 0 Å². The molecule has 3 aromatic rings. The normalized spacial score (nSPS) is 11.2. The number of pyridine rings is 1. The Balaban J connectivity index is 2.70. The first kappa shape index (κ1) is 10.4. The summed E-state index contributed by atoms with van der Waals surface area (Å²) >= 11 is 5.95. The molecule has 0 N–H and O–H groups in total. The number of nitrogens with zero attached hydrogens (tertiary/aromatic N) is 1. The first-order valence-corrected chi connectivity index (χ1v) is 5.73. The van der Waals surface area contributed by atoms with Crippen molar-refractivity contribution in [1.29, 1.82) is 0 Å². The molecule has 3 heteroatoms. The van der Waals surface area contributed by atoms with E-state index in [2.05, 4.69) is 0 Å². The minimum atomic E-state index is -0.0128. The predicted molar refractivity (Wildman–Crippen MR) is 71.7 cm³/mol. The molecule has 0 aliphatic rings. The predicted octanol–water partition coefficient (Wildman–Crippen LogP) is 3.35. The quantitative estimate of drug-likeness (QED) is 0.555. The Labute approximate surface area is 103 Å². The Morgan fingerprint density at radius 3 is 2.59 bits per heavy atom. The zero-order chi connectivity index (χ0) is 12.0. The van der Waals surface area contributed by atoms with Crippen molar-refractivity contribution in [3.63, 3.8) is 0 Å². The molecule has 0 unspecified atom stereocenters. The van der Waals surface area contributed by atoms with Crippen LogP contribution in [0.3, 0.4) is 0 Å². The molecule has 0 bridgehead atoms. The lowest BCUT2D eigenvalue weighted by molar-refractivity contribution is 0.918. The van der Waals surface area contributed by atoms with Crippen molar-refractivity contribution >= 4 is 33.3 Å². The standard InChI is InChI=1S/C14H10ClNO/c1-16-13-5-3-2-4-11(13)10-7-6-9(15)8-12(10)14(16)17/h2-8H,1H3. The third-order valence-electron chi connectivity index (χ3n) is 3.07. The maximum atomic E-state index is 12.2. The van der Waals surface area contributed by atoms with Crippen LogP contribution in [0.1, 0.15) is 0 Å². The molecule has 1 aromatic heterocycles. The highest BCUT2D eigenvalue weighted by molar-refractivity contribution is 6.31. The maximum absolute atomic E-state index is 12.2. The lowest BCUT2D eigenvalue weighted by Gasteiger charge is -2.08. The number of rotatable bonds is 0. The number of benzene rings is 2. The van der Waals surface area contributed by atoms with Crippen LogP contribution in [0.25, 0.3) is 21.7 Å². The Bertz CT molecular complexity index is 789. The summed E-state index contributed by atoms with van der Waals surface area (Å²) in [7, 11) is 1.78. The van der Waals surface area contributed by atoms with Crippen LogP contribution in [-0.2, 0) is 7.05 Å². The molecule has 2 nitrogen and oxygen atoms in total. The van der Waals surface area contributed by atoms with Gasteiger partial charge in [0.05, 0.1) is 5.52 Å². The average Bonchev–Trinajstić information content (AvgIpc) is 2.36. The SMILES string of the molecule is Cn1c(=O)c2cc(Cl)ccc2c2ccccc21. The summed E-state index contributed by atoms with van der Waals surface area (Å²) in [6.07, 6.45) is 0. The van der Waals surface area contributed by atoms with E-state index < -0.39 is 0 Å². The number of hydrogen-bond acceptors (Lipinski definition) is 1. The van der Waals surface area contributed by atoms with Gasteiger partial charge in [0, 0.05) is 22.8 Å². The van der Waals surface area contributed by atoms with Crippen LogP contribution in [0, 0.1) is 0 Å². The molecule has 84 valence electrons. The fraction of sp³-hybridized carbons (Fsp3) is 0.0714. The maximum Gasteiger partial charge on any atom is 0.258 e. The number of fused-ring (bicyclic) bond motifs is 3. The minimum Gasteiger partial charge on any atom is -0.311 e. The van der Waals surface area contributed by atoms with Crippen molar-refractivity contribution in [2.45, 2.75) is 0 Å². The van der Waals surface area contributed by atoms with E-state index in [1.165, 1.54) is 0 Å². The Morgan fingerprint density at radius 2 is 1.76 bits per heavy atom. The van der Waals surface area contributed by atoms with Gasteiger partial charge in [0.25, 0.3) is 5.56 Å². The zero-order valence-corrected chi connectivity index (χ0v) is 10.0. The van der Waals surface area contributed by atoms with E-state index in [-0.39, 0.29) is 5.56 Å². The lowest BCUT2D eigenvalue weighted by atomic mass is 10.1. The van der Waals surface area contributed by atoms with E-state index in [9.17, 15) is 4.79 Å². The number of para-hydroxylation sites is 1. The summed E-state index contributed by atoms with van der Waals surface area (Å²) in [4.78, 5) is 12.2. The van der Waals surface area contributed by atoms with Crippen LogP contribution in [0.4, 0.5) is 0 Å². The Hall–Kier alpha value is -1.80. The molecule has 0 aliphatic heterocycles. The fourth-order valence-corrected chi connectivity index (χ4v) is 2.38. The molecule has 2 aromatic carbocycles. The molecule has 0 saturated carbocycles. The summed E-state index contributed by atoms with van der Waals surface area (Å²) in [6, 6.07) is 13.3. The van der Waals surface area contributed by atoms with Crippen molar-refractivity contribution in [1.82, 2.24) is 4.57 Å². The van der Waals surface area contributed by atoms with Crippen molar-refractivity contribution < 1.29 is 0 Å². The van der Waals surface area contributed by atoms with E-state index in [1.807, 2.05) is 36.4 Å². The van der Waals surface area contributed by atoms with Gasteiger partial charge in [0.1, 0.15) is 0 Å². The second-order valence-electron chi connectivity index (χ2n) is 4.07.